The van der Waals surface area contributed by atoms with Crippen LogP contribution in [0.15, 0.2) is 54.6 Å². The van der Waals surface area contributed by atoms with Crippen molar-refractivity contribution in [1.82, 2.24) is 0 Å². The molecular weight excluding hydrogens is 323 g/mol. The summed E-state index contributed by atoms with van der Waals surface area (Å²) in [7, 11) is -0.447. The van der Waals surface area contributed by atoms with Gasteiger partial charge in [-0.2, -0.15) is 0 Å². The third-order valence-corrected chi connectivity index (χ3v) is 5.61. The highest BCUT2D eigenvalue weighted by molar-refractivity contribution is 6.48. The van der Waals surface area contributed by atoms with Crippen LogP contribution < -0.4 is 0 Å². The number of aryl methyl sites for hydroxylation is 1. The van der Waals surface area contributed by atoms with Crippen LogP contribution in [0, 0.1) is 6.92 Å². The maximum absolute atomic E-state index is 12.9. The maximum atomic E-state index is 12.9. The van der Waals surface area contributed by atoms with E-state index in [2.05, 4.69) is 0 Å². The zero-order chi connectivity index (χ0) is 18.9. The van der Waals surface area contributed by atoms with Gasteiger partial charge in [0.25, 0.3) is 0 Å². The Labute approximate surface area is 156 Å². The Morgan fingerprint density at radius 3 is 2.00 bits per heavy atom. The van der Waals surface area contributed by atoms with E-state index in [1.807, 2.05) is 89.2 Å². The first-order valence-electron chi connectivity index (χ1n) is 9.20. The van der Waals surface area contributed by atoms with Gasteiger partial charge in [-0.1, -0.05) is 60.2 Å². The van der Waals surface area contributed by atoms with Gasteiger partial charge in [-0.25, -0.2) is 0 Å². The summed E-state index contributed by atoms with van der Waals surface area (Å²) in [5, 5.41) is 0. The van der Waals surface area contributed by atoms with Crippen LogP contribution in [0.25, 0.3) is 0 Å². The number of Topliss-reactive ketones (excluding diaryl/α,β-unsaturated/α-hetero) is 1. The quantitative estimate of drug-likeness (QED) is 0.563. The largest absolute Gasteiger partial charge is 0.466 e. The van der Waals surface area contributed by atoms with Gasteiger partial charge in [0.2, 0.25) is 0 Å². The standard InChI is InChI=1S/C22H27BO3/c1-16-11-13-18(14-12-16)20(24)15-19(17-9-7-6-8-10-17)23-25-21(2,3)22(4,5)26-23/h6-14,19H,15H2,1-5H3. The predicted molar refractivity (Wildman–Crippen MR) is 105 cm³/mol. The van der Waals surface area contributed by atoms with Crippen molar-refractivity contribution in [2.45, 2.75) is 58.1 Å². The summed E-state index contributed by atoms with van der Waals surface area (Å²) in [6, 6.07) is 17.8. The molecule has 0 saturated carbocycles. The molecule has 4 heteroatoms. The summed E-state index contributed by atoms with van der Waals surface area (Å²) in [5.41, 5.74) is 2.10. The SMILES string of the molecule is Cc1ccc(C(=O)CC(B2OC(C)(C)C(C)(C)O2)c2ccccc2)cc1. The minimum absolute atomic E-state index is 0.105. The lowest BCUT2D eigenvalue weighted by atomic mass is 9.65. The monoisotopic (exact) mass is 350 g/mol. The minimum Gasteiger partial charge on any atom is -0.403 e. The zero-order valence-electron chi connectivity index (χ0n) is 16.3. The molecule has 0 amide bonds. The summed E-state index contributed by atoms with van der Waals surface area (Å²) in [6.07, 6.45) is 0.351. The van der Waals surface area contributed by atoms with E-state index in [9.17, 15) is 4.79 Å². The second kappa shape index (κ2) is 7.01. The molecule has 2 aromatic rings. The fourth-order valence-corrected chi connectivity index (χ4v) is 3.18. The summed E-state index contributed by atoms with van der Waals surface area (Å²) in [4.78, 5) is 12.9. The Morgan fingerprint density at radius 1 is 0.923 bits per heavy atom. The number of carbonyl (C=O) groups is 1. The molecule has 2 aromatic carbocycles. The fourth-order valence-electron chi connectivity index (χ4n) is 3.18. The number of hydrogen-bond donors (Lipinski definition) is 0. The first-order chi connectivity index (χ1) is 12.2. The Balaban J connectivity index is 1.88. The van der Waals surface area contributed by atoms with Crippen LogP contribution in [0.5, 0.6) is 0 Å². The van der Waals surface area contributed by atoms with Gasteiger partial charge >= 0.3 is 7.12 Å². The maximum Gasteiger partial charge on any atom is 0.466 e. The summed E-state index contributed by atoms with van der Waals surface area (Å²) in [6.45, 7) is 10.2. The first kappa shape index (κ1) is 18.9. The number of carbonyl (C=O) groups excluding carboxylic acids is 1. The van der Waals surface area contributed by atoms with Gasteiger partial charge in [-0.05, 0) is 40.2 Å². The van der Waals surface area contributed by atoms with Crippen LogP contribution in [0.1, 0.15) is 61.4 Å². The van der Waals surface area contributed by atoms with Gasteiger partial charge in [0.1, 0.15) is 0 Å². The van der Waals surface area contributed by atoms with E-state index in [0.717, 1.165) is 16.7 Å². The summed E-state index contributed by atoms with van der Waals surface area (Å²) in [5.74, 6) is -0.0420. The lowest BCUT2D eigenvalue weighted by Gasteiger charge is -2.32. The number of rotatable bonds is 5. The van der Waals surface area contributed by atoms with Gasteiger partial charge in [-0.15, -0.1) is 0 Å². The second-order valence-corrected chi connectivity index (χ2v) is 8.14. The molecule has 1 aliphatic rings. The van der Waals surface area contributed by atoms with E-state index in [1.54, 1.807) is 0 Å². The number of benzene rings is 2. The molecule has 0 aromatic heterocycles. The van der Waals surface area contributed by atoms with E-state index in [-0.39, 0.29) is 11.6 Å². The van der Waals surface area contributed by atoms with Gasteiger partial charge in [0.05, 0.1) is 11.2 Å². The van der Waals surface area contributed by atoms with Crippen LogP contribution in [0.4, 0.5) is 0 Å². The average Bonchev–Trinajstić information content (AvgIpc) is 2.81. The van der Waals surface area contributed by atoms with Crippen LogP contribution in [-0.2, 0) is 9.31 Å². The van der Waals surface area contributed by atoms with E-state index in [0.29, 0.717) is 6.42 Å². The van der Waals surface area contributed by atoms with Crippen LogP contribution in [0.3, 0.4) is 0 Å². The molecular formula is C22H27BO3. The van der Waals surface area contributed by atoms with Gasteiger partial charge in [0.15, 0.2) is 5.78 Å². The average molecular weight is 350 g/mol. The van der Waals surface area contributed by atoms with Crippen molar-refractivity contribution in [3.8, 4) is 0 Å². The molecule has 0 radical (unpaired) electrons. The lowest BCUT2D eigenvalue weighted by Crippen LogP contribution is -2.41. The molecule has 0 spiro atoms. The Kier molecular flexibility index (Phi) is 5.09. The highest BCUT2D eigenvalue weighted by atomic mass is 16.7. The molecule has 3 rings (SSSR count). The predicted octanol–water partition coefficient (Wildman–Crippen LogP) is 4.98. The smallest absolute Gasteiger partial charge is 0.403 e. The molecule has 1 heterocycles. The van der Waals surface area contributed by atoms with E-state index >= 15 is 0 Å². The lowest BCUT2D eigenvalue weighted by molar-refractivity contribution is 0.00578. The van der Waals surface area contributed by atoms with Crippen molar-refractivity contribution in [3.63, 3.8) is 0 Å². The zero-order valence-corrected chi connectivity index (χ0v) is 16.3. The molecule has 1 saturated heterocycles. The van der Waals surface area contributed by atoms with Crippen molar-refractivity contribution in [1.29, 1.82) is 0 Å². The van der Waals surface area contributed by atoms with Gasteiger partial charge in [-0.3, -0.25) is 4.79 Å². The highest BCUT2D eigenvalue weighted by Crippen LogP contribution is 2.42. The second-order valence-electron chi connectivity index (χ2n) is 8.14. The van der Waals surface area contributed by atoms with Crippen molar-refractivity contribution >= 4 is 12.9 Å². The Morgan fingerprint density at radius 2 is 1.46 bits per heavy atom. The molecule has 0 bridgehead atoms. The van der Waals surface area contributed by atoms with Crippen molar-refractivity contribution < 1.29 is 14.1 Å². The van der Waals surface area contributed by atoms with Crippen molar-refractivity contribution in [2.75, 3.05) is 0 Å². The third-order valence-electron chi connectivity index (χ3n) is 5.61. The fraction of sp³-hybridized carbons (Fsp3) is 0.409. The molecule has 1 unspecified atom stereocenters. The highest BCUT2D eigenvalue weighted by Gasteiger charge is 2.54. The van der Waals surface area contributed by atoms with Crippen LogP contribution in [0.2, 0.25) is 0 Å². The molecule has 3 nitrogen and oxygen atoms in total. The van der Waals surface area contributed by atoms with Crippen LogP contribution >= 0.6 is 0 Å². The molecule has 136 valence electrons. The van der Waals surface area contributed by atoms with Gasteiger partial charge < -0.3 is 9.31 Å². The Hall–Kier alpha value is -1.91. The van der Waals surface area contributed by atoms with Gasteiger partial charge in [0, 0.05) is 17.8 Å². The summed E-state index contributed by atoms with van der Waals surface area (Å²) >= 11 is 0. The van der Waals surface area contributed by atoms with Crippen molar-refractivity contribution in [3.05, 3.63) is 71.3 Å². The molecule has 1 fully saturated rings. The third kappa shape index (κ3) is 3.77. The molecule has 0 aliphatic carbocycles. The summed E-state index contributed by atoms with van der Waals surface area (Å²) < 4.78 is 12.5. The normalized spacial score (nSPS) is 19.3. The van der Waals surface area contributed by atoms with E-state index in [4.69, 9.17) is 9.31 Å². The molecule has 0 N–H and O–H groups in total. The number of hydrogen-bond acceptors (Lipinski definition) is 3. The Bertz CT molecular complexity index is 750. The molecule has 1 aliphatic heterocycles. The topological polar surface area (TPSA) is 35.5 Å². The van der Waals surface area contributed by atoms with E-state index < -0.39 is 18.3 Å². The molecule has 1 atom stereocenters. The first-order valence-corrected chi connectivity index (χ1v) is 9.20. The van der Waals surface area contributed by atoms with Crippen molar-refractivity contribution in [2.24, 2.45) is 0 Å². The van der Waals surface area contributed by atoms with E-state index in [1.165, 1.54) is 0 Å². The van der Waals surface area contributed by atoms with Crippen LogP contribution in [-0.4, -0.2) is 24.1 Å². The molecule has 26 heavy (non-hydrogen) atoms. The number of ketones is 1. The minimum atomic E-state index is -0.447.